The number of ether oxygens (including phenoxy) is 1. The van der Waals surface area contributed by atoms with Crippen LogP contribution in [0, 0.1) is 0 Å². The highest BCUT2D eigenvalue weighted by Gasteiger charge is 2.30. The normalized spacial score (nSPS) is 14.3. The van der Waals surface area contributed by atoms with Gasteiger partial charge in [-0.05, 0) is 38.4 Å². The van der Waals surface area contributed by atoms with Crippen molar-refractivity contribution in [2.75, 3.05) is 45.2 Å². The molecule has 3 aromatic rings. The Morgan fingerprint density at radius 1 is 1.18 bits per heavy atom. The second-order valence-corrected chi connectivity index (χ2v) is 7.18. The van der Waals surface area contributed by atoms with E-state index in [2.05, 4.69) is 40.3 Å². The van der Waals surface area contributed by atoms with E-state index in [0.717, 1.165) is 35.6 Å². The van der Waals surface area contributed by atoms with E-state index < -0.39 is 0 Å². The molecule has 7 nitrogen and oxygen atoms in total. The number of benzene rings is 2. The van der Waals surface area contributed by atoms with Gasteiger partial charge < -0.3 is 19.9 Å². The predicted octanol–water partition coefficient (Wildman–Crippen LogP) is 2.42. The SMILES string of the molecule is CN(C)C1CN(c2cccc3c2ncn3C(=O)NCCOc2ccccc2)C1. The predicted molar refractivity (Wildman–Crippen MR) is 110 cm³/mol. The quantitative estimate of drug-likeness (QED) is 0.667. The number of hydrogen-bond donors (Lipinski definition) is 1. The highest BCUT2D eigenvalue weighted by Crippen LogP contribution is 2.29. The second-order valence-electron chi connectivity index (χ2n) is 7.18. The smallest absolute Gasteiger partial charge is 0.327 e. The van der Waals surface area contributed by atoms with Crippen LogP contribution < -0.4 is 15.0 Å². The van der Waals surface area contributed by atoms with Crippen molar-refractivity contribution < 1.29 is 9.53 Å². The summed E-state index contributed by atoms with van der Waals surface area (Å²) < 4.78 is 7.17. The largest absolute Gasteiger partial charge is 0.492 e. The summed E-state index contributed by atoms with van der Waals surface area (Å²) in [4.78, 5) is 21.6. The Labute approximate surface area is 164 Å². The maximum absolute atomic E-state index is 12.6. The average molecular weight is 379 g/mol. The second kappa shape index (κ2) is 7.90. The van der Waals surface area contributed by atoms with E-state index in [9.17, 15) is 4.79 Å². The van der Waals surface area contributed by atoms with Gasteiger partial charge in [0.1, 0.15) is 24.2 Å². The third kappa shape index (κ3) is 3.66. The van der Waals surface area contributed by atoms with Crippen LogP contribution in [0.3, 0.4) is 0 Å². The maximum Gasteiger partial charge on any atom is 0.327 e. The van der Waals surface area contributed by atoms with Crippen molar-refractivity contribution in [3.05, 3.63) is 54.9 Å². The van der Waals surface area contributed by atoms with Gasteiger partial charge in [-0.25, -0.2) is 9.78 Å². The number of nitrogens with one attached hydrogen (secondary N) is 1. The van der Waals surface area contributed by atoms with Gasteiger partial charge in [0.15, 0.2) is 0 Å². The number of anilines is 1. The molecule has 1 N–H and O–H groups in total. The van der Waals surface area contributed by atoms with E-state index >= 15 is 0 Å². The van der Waals surface area contributed by atoms with E-state index in [1.165, 1.54) is 0 Å². The summed E-state index contributed by atoms with van der Waals surface area (Å²) in [6.07, 6.45) is 1.59. The lowest BCUT2D eigenvalue weighted by Gasteiger charge is -2.44. The molecule has 2 aromatic carbocycles. The number of fused-ring (bicyclic) bond motifs is 1. The first-order chi connectivity index (χ1) is 13.6. The molecule has 0 unspecified atom stereocenters. The monoisotopic (exact) mass is 379 g/mol. The standard InChI is InChI=1S/C21H25N5O2/c1-24(2)16-13-25(14-16)18-9-6-10-19-20(18)23-15-26(19)21(27)22-11-12-28-17-7-4-3-5-8-17/h3-10,15-16H,11-14H2,1-2H3,(H,22,27). The van der Waals surface area contributed by atoms with Gasteiger partial charge in [0.2, 0.25) is 0 Å². The molecule has 4 rings (SSSR count). The van der Waals surface area contributed by atoms with Crippen molar-refractivity contribution >= 4 is 22.8 Å². The highest BCUT2D eigenvalue weighted by atomic mass is 16.5. The molecular formula is C21H25N5O2. The first-order valence-electron chi connectivity index (χ1n) is 9.47. The lowest BCUT2D eigenvalue weighted by molar-refractivity contribution is 0.238. The number of likely N-dealkylation sites (N-methyl/N-ethyl adjacent to an activating group) is 1. The van der Waals surface area contributed by atoms with E-state index in [4.69, 9.17) is 4.74 Å². The van der Waals surface area contributed by atoms with Crippen molar-refractivity contribution in [2.45, 2.75) is 6.04 Å². The van der Waals surface area contributed by atoms with Gasteiger partial charge in [-0.1, -0.05) is 24.3 Å². The zero-order valence-electron chi connectivity index (χ0n) is 16.2. The molecule has 1 aliphatic rings. The minimum absolute atomic E-state index is 0.203. The van der Waals surface area contributed by atoms with Crippen molar-refractivity contribution in [1.82, 2.24) is 19.8 Å². The van der Waals surface area contributed by atoms with E-state index in [-0.39, 0.29) is 6.03 Å². The number of para-hydroxylation sites is 2. The van der Waals surface area contributed by atoms with Crippen molar-refractivity contribution in [1.29, 1.82) is 0 Å². The number of imidazole rings is 1. The van der Waals surface area contributed by atoms with Gasteiger partial charge in [0.25, 0.3) is 0 Å². The molecule has 0 saturated carbocycles. The zero-order chi connectivity index (χ0) is 19.5. The molecule has 1 saturated heterocycles. The number of carbonyl (C=O) groups excluding carboxylic acids is 1. The molecule has 7 heteroatoms. The topological polar surface area (TPSA) is 62.6 Å². The molecule has 1 fully saturated rings. The van der Waals surface area contributed by atoms with Gasteiger partial charge in [-0.15, -0.1) is 0 Å². The fourth-order valence-electron chi connectivity index (χ4n) is 3.35. The fraction of sp³-hybridized carbons (Fsp3) is 0.333. The molecule has 0 aliphatic carbocycles. The van der Waals surface area contributed by atoms with Crippen LogP contribution in [0.25, 0.3) is 11.0 Å². The molecule has 1 aromatic heterocycles. The number of amides is 1. The molecule has 1 amide bonds. The summed E-state index contributed by atoms with van der Waals surface area (Å²) in [5.74, 6) is 0.792. The Balaban J connectivity index is 1.39. The first-order valence-corrected chi connectivity index (χ1v) is 9.47. The molecule has 28 heavy (non-hydrogen) atoms. The zero-order valence-corrected chi connectivity index (χ0v) is 16.2. The molecule has 0 radical (unpaired) electrons. The van der Waals surface area contributed by atoms with Crippen molar-refractivity contribution in [3.63, 3.8) is 0 Å². The summed E-state index contributed by atoms with van der Waals surface area (Å²) in [6, 6.07) is 15.9. The lowest BCUT2D eigenvalue weighted by atomic mass is 10.1. The molecule has 1 aliphatic heterocycles. The van der Waals surface area contributed by atoms with Gasteiger partial charge in [0.05, 0.1) is 17.7 Å². The molecule has 2 heterocycles. The van der Waals surface area contributed by atoms with Crippen LogP contribution in [-0.2, 0) is 0 Å². The van der Waals surface area contributed by atoms with Crippen LogP contribution in [0.2, 0.25) is 0 Å². The Hall–Kier alpha value is -3.06. The minimum atomic E-state index is -0.203. The summed E-state index contributed by atoms with van der Waals surface area (Å²) >= 11 is 0. The maximum atomic E-state index is 12.6. The van der Waals surface area contributed by atoms with Gasteiger partial charge in [-0.2, -0.15) is 0 Å². The highest BCUT2D eigenvalue weighted by molar-refractivity contribution is 5.95. The Morgan fingerprint density at radius 2 is 1.96 bits per heavy atom. The van der Waals surface area contributed by atoms with E-state index in [1.807, 2.05) is 42.5 Å². The molecule has 0 spiro atoms. The minimum Gasteiger partial charge on any atom is -0.492 e. The van der Waals surface area contributed by atoms with E-state index in [0.29, 0.717) is 19.2 Å². The van der Waals surface area contributed by atoms with Crippen molar-refractivity contribution in [3.8, 4) is 5.75 Å². The number of hydrogen-bond acceptors (Lipinski definition) is 5. The summed E-state index contributed by atoms with van der Waals surface area (Å²) in [5.41, 5.74) is 2.75. The van der Waals surface area contributed by atoms with Crippen LogP contribution in [0.15, 0.2) is 54.9 Å². The molecule has 0 atom stereocenters. The molecular weight excluding hydrogens is 354 g/mol. The Bertz CT molecular complexity index is 948. The van der Waals surface area contributed by atoms with Gasteiger partial charge in [0, 0.05) is 19.1 Å². The van der Waals surface area contributed by atoms with Gasteiger partial charge in [-0.3, -0.25) is 4.57 Å². The van der Waals surface area contributed by atoms with Crippen LogP contribution in [0.5, 0.6) is 5.75 Å². The first kappa shape index (κ1) is 18.3. The van der Waals surface area contributed by atoms with E-state index in [1.54, 1.807) is 10.9 Å². The summed E-state index contributed by atoms with van der Waals surface area (Å²) in [6.45, 7) is 2.78. The lowest BCUT2D eigenvalue weighted by Crippen LogP contribution is -2.57. The molecule has 0 bridgehead atoms. The Morgan fingerprint density at radius 3 is 2.71 bits per heavy atom. The van der Waals surface area contributed by atoms with Crippen molar-refractivity contribution in [2.24, 2.45) is 0 Å². The fourth-order valence-corrected chi connectivity index (χ4v) is 3.35. The van der Waals surface area contributed by atoms with Crippen LogP contribution in [-0.4, -0.2) is 66.9 Å². The van der Waals surface area contributed by atoms with Gasteiger partial charge >= 0.3 is 6.03 Å². The number of rotatable bonds is 6. The van der Waals surface area contributed by atoms with Crippen LogP contribution in [0.4, 0.5) is 10.5 Å². The Kier molecular flexibility index (Phi) is 5.16. The van der Waals surface area contributed by atoms with Crippen LogP contribution >= 0.6 is 0 Å². The number of carbonyl (C=O) groups is 1. The third-order valence-corrected chi connectivity index (χ3v) is 5.10. The van der Waals surface area contributed by atoms with Crippen LogP contribution in [0.1, 0.15) is 0 Å². The average Bonchev–Trinajstić information content (AvgIpc) is 3.09. The summed E-state index contributed by atoms with van der Waals surface area (Å²) in [7, 11) is 4.20. The summed E-state index contributed by atoms with van der Waals surface area (Å²) in [5, 5.41) is 2.88. The number of nitrogens with zero attached hydrogens (tertiary/aromatic N) is 4. The molecule has 146 valence electrons. The number of aromatic nitrogens is 2. The third-order valence-electron chi connectivity index (χ3n) is 5.10.